The van der Waals surface area contributed by atoms with Crippen molar-refractivity contribution in [2.24, 2.45) is 17.8 Å². The van der Waals surface area contributed by atoms with Crippen LogP contribution < -0.4 is 0 Å². The monoisotopic (exact) mass is 414 g/mol. The van der Waals surface area contributed by atoms with E-state index in [0.717, 1.165) is 47.3 Å². The van der Waals surface area contributed by atoms with Gasteiger partial charge in [-0.2, -0.15) is 0 Å². The van der Waals surface area contributed by atoms with Gasteiger partial charge in [0.15, 0.2) is 0 Å². The van der Waals surface area contributed by atoms with Gasteiger partial charge in [-0.15, -0.1) is 0 Å². The minimum atomic E-state index is -0.0702. The van der Waals surface area contributed by atoms with E-state index in [4.69, 9.17) is 0 Å². The largest absolute Gasteiger partial charge is 0.207 e. The molecule has 0 saturated heterocycles. The molecule has 2 aromatic carbocycles. The van der Waals surface area contributed by atoms with Gasteiger partial charge in [0.25, 0.3) is 0 Å². The van der Waals surface area contributed by atoms with Crippen molar-refractivity contribution in [3.05, 3.63) is 82.7 Å². The van der Waals surface area contributed by atoms with E-state index in [1.807, 2.05) is 24.3 Å². The lowest BCUT2D eigenvalue weighted by Gasteiger charge is -2.42. The molecular weight excluding hydrogens is 379 g/mol. The van der Waals surface area contributed by atoms with Crippen molar-refractivity contribution in [2.45, 2.75) is 71.1 Å². The van der Waals surface area contributed by atoms with Crippen molar-refractivity contribution in [1.82, 2.24) is 0 Å². The first-order valence-corrected chi connectivity index (χ1v) is 12.1. The molecular formula is C30H35F. The van der Waals surface area contributed by atoms with E-state index in [1.165, 1.54) is 44.1 Å². The topological polar surface area (TPSA) is 0 Å². The van der Waals surface area contributed by atoms with Crippen LogP contribution in [0.15, 0.2) is 54.6 Å². The lowest BCUT2D eigenvalue weighted by molar-refractivity contribution is 0.114. The van der Waals surface area contributed by atoms with Gasteiger partial charge in [0.05, 0.1) is 0 Å². The molecule has 0 N–H and O–H groups in total. The summed E-state index contributed by atoms with van der Waals surface area (Å²) < 4.78 is 15.0. The number of allylic oxidation sites excluding steroid dienone is 2. The first kappa shape index (κ1) is 21.9. The summed E-state index contributed by atoms with van der Waals surface area (Å²) in [7, 11) is 0. The third kappa shape index (κ3) is 5.68. The predicted molar refractivity (Wildman–Crippen MR) is 129 cm³/mol. The van der Waals surface area contributed by atoms with E-state index in [2.05, 4.69) is 50.0 Å². The highest BCUT2D eigenvalue weighted by atomic mass is 19.1. The minimum absolute atomic E-state index is 0.0702. The molecule has 4 rings (SSSR count). The molecule has 31 heavy (non-hydrogen) atoms. The van der Waals surface area contributed by atoms with Gasteiger partial charge < -0.3 is 0 Å². The molecule has 0 aliphatic heterocycles. The summed E-state index contributed by atoms with van der Waals surface area (Å²) in [5.74, 6) is 9.14. The Morgan fingerprint density at radius 1 is 0.903 bits per heavy atom. The van der Waals surface area contributed by atoms with E-state index < -0.39 is 0 Å². The van der Waals surface area contributed by atoms with Crippen LogP contribution >= 0.6 is 0 Å². The lowest BCUT2D eigenvalue weighted by Crippen LogP contribution is -2.30. The van der Waals surface area contributed by atoms with Crippen LogP contribution in [0.3, 0.4) is 0 Å². The maximum Gasteiger partial charge on any atom is 0.127 e. The molecule has 2 aliphatic rings. The molecule has 0 amide bonds. The number of aryl methyl sites for hydroxylation is 1. The lowest BCUT2D eigenvalue weighted by atomic mass is 9.63. The highest BCUT2D eigenvalue weighted by Gasteiger charge is 2.36. The first-order valence-electron chi connectivity index (χ1n) is 12.1. The predicted octanol–water partition coefficient (Wildman–Crippen LogP) is 8.19. The van der Waals surface area contributed by atoms with Gasteiger partial charge >= 0.3 is 0 Å². The van der Waals surface area contributed by atoms with Gasteiger partial charge in [-0.25, -0.2) is 4.39 Å². The Balaban J connectivity index is 1.37. The number of hydrogen-bond donors (Lipinski definition) is 0. The molecule has 0 heterocycles. The van der Waals surface area contributed by atoms with Crippen molar-refractivity contribution in [3.8, 4) is 11.8 Å². The van der Waals surface area contributed by atoms with Crippen LogP contribution in [0.4, 0.5) is 4.39 Å². The quantitative estimate of drug-likeness (QED) is 0.349. The molecule has 2 aromatic rings. The van der Waals surface area contributed by atoms with Gasteiger partial charge in [0, 0.05) is 11.1 Å². The smallest absolute Gasteiger partial charge is 0.127 e. The van der Waals surface area contributed by atoms with Gasteiger partial charge in [-0.3, -0.25) is 0 Å². The SMILES string of the molecule is C/C=C/CCC1CCC2CC(c3ccc(C#Cc4ccc(C)cc4)cc3F)CCC2C1. The molecule has 4 unspecified atom stereocenters. The zero-order valence-corrected chi connectivity index (χ0v) is 19.0. The van der Waals surface area contributed by atoms with Gasteiger partial charge in [-0.05, 0) is 112 Å². The average Bonchev–Trinajstić information content (AvgIpc) is 2.79. The van der Waals surface area contributed by atoms with Crippen molar-refractivity contribution in [1.29, 1.82) is 0 Å². The summed E-state index contributed by atoms with van der Waals surface area (Å²) >= 11 is 0. The fraction of sp³-hybridized carbons (Fsp3) is 0.467. The first-order chi connectivity index (χ1) is 15.1. The van der Waals surface area contributed by atoms with Gasteiger partial charge in [-0.1, -0.05) is 54.2 Å². The summed E-state index contributed by atoms with van der Waals surface area (Å²) in [5.41, 5.74) is 3.86. The standard InChI is InChI=1S/C30H35F/c1-3-4-5-6-24-13-15-27-21-28(17-16-26(27)19-24)29-18-14-25(20-30(29)31)12-11-23-9-7-22(2)8-10-23/h3-4,7-10,14,18,20,24,26-28H,5-6,13,15-17,19,21H2,1-2H3/b4-3+. The third-order valence-corrected chi connectivity index (χ3v) is 7.54. The van der Waals surface area contributed by atoms with Crippen LogP contribution in [-0.4, -0.2) is 0 Å². The number of rotatable bonds is 4. The second-order valence-corrected chi connectivity index (χ2v) is 9.71. The third-order valence-electron chi connectivity index (χ3n) is 7.54. The second kappa shape index (κ2) is 10.3. The average molecular weight is 415 g/mol. The molecule has 2 saturated carbocycles. The van der Waals surface area contributed by atoms with Crippen LogP contribution in [0.2, 0.25) is 0 Å². The summed E-state index contributed by atoms with van der Waals surface area (Å²) in [6.07, 6.45) is 14.7. The molecule has 2 fully saturated rings. The molecule has 0 aromatic heterocycles. The van der Waals surface area contributed by atoms with Gasteiger partial charge in [0.2, 0.25) is 0 Å². The van der Waals surface area contributed by atoms with Crippen molar-refractivity contribution >= 4 is 0 Å². The second-order valence-electron chi connectivity index (χ2n) is 9.71. The normalized spacial score (nSPS) is 25.6. The Morgan fingerprint density at radius 3 is 2.39 bits per heavy atom. The molecule has 0 nitrogen and oxygen atoms in total. The molecule has 0 spiro atoms. The number of hydrogen-bond acceptors (Lipinski definition) is 0. The maximum atomic E-state index is 15.0. The Hall–Kier alpha value is -2.33. The summed E-state index contributed by atoms with van der Waals surface area (Å²) in [4.78, 5) is 0. The van der Waals surface area contributed by atoms with Crippen molar-refractivity contribution < 1.29 is 4.39 Å². The number of halogens is 1. The van der Waals surface area contributed by atoms with E-state index >= 15 is 0 Å². The molecule has 0 radical (unpaired) electrons. The molecule has 4 atom stereocenters. The summed E-state index contributed by atoms with van der Waals surface area (Å²) in [6, 6.07) is 13.8. The number of benzene rings is 2. The van der Waals surface area contributed by atoms with Crippen LogP contribution in [0.25, 0.3) is 0 Å². The Kier molecular flexibility index (Phi) is 7.29. The Bertz CT molecular complexity index is 956. The fourth-order valence-electron chi connectivity index (χ4n) is 5.75. The molecule has 2 aliphatic carbocycles. The van der Waals surface area contributed by atoms with E-state index in [9.17, 15) is 4.39 Å². The van der Waals surface area contributed by atoms with Crippen LogP contribution in [0.5, 0.6) is 0 Å². The van der Waals surface area contributed by atoms with Crippen molar-refractivity contribution in [3.63, 3.8) is 0 Å². The highest BCUT2D eigenvalue weighted by molar-refractivity contribution is 5.44. The van der Waals surface area contributed by atoms with E-state index in [-0.39, 0.29) is 5.82 Å². The Labute approximate surface area is 188 Å². The molecule has 1 heteroatoms. The Morgan fingerprint density at radius 2 is 1.61 bits per heavy atom. The summed E-state index contributed by atoms with van der Waals surface area (Å²) in [6.45, 7) is 4.18. The summed E-state index contributed by atoms with van der Waals surface area (Å²) in [5, 5.41) is 0. The molecule has 162 valence electrons. The van der Waals surface area contributed by atoms with Crippen LogP contribution in [-0.2, 0) is 0 Å². The van der Waals surface area contributed by atoms with E-state index in [1.54, 1.807) is 6.07 Å². The maximum absolute atomic E-state index is 15.0. The van der Waals surface area contributed by atoms with E-state index in [0.29, 0.717) is 5.92 Å². The molecule has 0 bridgehead atoms. The zero-order valence-electron chi connectivity index (χ0n) is 19.0. The van der Waals surface area contributed by atoms with Crippen LogP contribution in [0.1, 0.15) is 86.5 Å². The van der Waals surface area contributed by atoms with Crippen LogP contribution in [0, 0.1) is 42.3 Å². The minimum Gasteiger partial charge on any atom is -0.207 e. The fourth-order valence-corrected chi connectivity index (χ4v) is 5.75. The highest BCUT2D eigenvalue weighted by Crippen LogP contribution is 2.48. The van der Waals surface area contributed by atoms with Gasteiger partial charge in [0.1, 0.15) is 5.82 Å². The zero-order chi connectivity index (χ0) is 21.6. The van der Waals surface area contributed by atoms with Crippen molar-refractivity contribution in [2.75, 3.05) is 0 Å². The number of fused-ring (bicyclic) bond motifs is 1.